The first-order chi connectivity index (χ1) is 9.11. The van der Waals surface area contributed by atoms with Crippen LogP contribution >= 0.6 is 0 Å². The monoisotopic (exact) mass is 264 g/mol. The molecule has 0 aliphatic carbocycles. The molecule has 2 N–H and O–H groups in total. The lowest BCUT2D eigenvalue weighted by molar-refractivity contribution is -0.821. The normalized spacial score (nSPS) is 24.8. The number of hydrogen-bond acceptors (Lipinski definition) is 3. The number of nitrogens with one attached hydrogen (secondary N) is 1. The van der Waals surface area contributed by atoms with Crippen LogP contribution in [0.15, 0.2) is 24.3 Å². The number of piperidine rings is 1. The van der Waals surface area contributed by atoms with Crippen molar-refractivity contribution in [2.45, 2.75) is 25.9 Å². The van der Waals surface area contributed by atoms with Gasteiger partial charge in [-0.05, 0) is 37.1 Å². The van der Waals surface area contributed by atoms with E-state index in [1.54, 1.807) is 7.11 Å². The van der Waals surface area contributed by atoms with E-state index in [-0.39, 0.29) is 12.0 Å². The van der Waals surface area contributed by atoms with Gasteiger partial charge in [-0.25, -0.2) is 4.79 Å². The molecule has 4 heteroatoms. The van der Waals surface area contributed by atoms with Crippen LogP contribution in [-0.4, -0.2) is 37.3 Å². The SMILES string of the molecule is COc1ccc(C(=O)[NH+]2CCC(C(C)O)CC2)cc1. The Morgan fingerprint density at radius 3 is 2.37 bits per heavy atom. The highest BCUT2D eigenvalue weighted by molar-refractivity contribution is 5.87. The number of carbonyl (C=O) groups excluding carboxylic acids is 1. The summed E-state index contributed by atoms with van der Waals surface area (Å²) in [4.78, 5) is 13.3. The Kier molecular flexibility index (Phi) is 4.56. The average Bonchev–Trinajstić information content (AvgIpc) is 2.46. The number of quaternary nitrogens is 1. The lowest BCUT2D eigenvalue weighted by Crippen LogP contribution is -3.15. The molecule has 4 nitrogen and oxygen atoms in total. The number of hydrogen-bond donors (Lipinski definition) is 2. The molecular formula is C15H22NO3+. The molecule has 1 aromatic carbocycles. The quantitative estimate of drug-likeness (QED) is 0.836. The number of methoxy groups -OCH3 is 1. The van der Waals surface area contributed by atoms with Crippen LogP contribution in [0, 0.1) is 5.92 Å². The summed E-state index contributed by atoms with van der Waals surface area (Å²) in [5.41, 5.74) is 0.728. The standard InChI is InChI=1S/C15H21NO3/c1-11(17)12-7-9-16(10-8-12)15(18)13-3-5-14(19-2)6-4-13/h3-6,11-12,17H,7-10H2,1-2H3/p+1. The van der Waals surface area contributed by atoms with Gasteiger partial charge in [-0.3, -0.25) is 4.90 Å². The van der Waals surface area contributed by atoms with Crippen LogP contribution in [-0.2, 0) is 0 Å². The second-order valence-electron chi connectivity index (χ2n) is 5.24. The van der Waals surface area contributed by atoms with Crippen LogP contribution in [0.25, 0.3) is 0 Å². The molecule has 1 amide bonds. The lowest BCUT2D eigenvalue weighted by atomic mass is 9.92. The smallest absolute Gasteiger partial charge is 0.344 e. The first kappa shape index (κ1) is 14.0. The Labute approximate surface area is 114 Å². The fraction of sp³-hybridized carbons (Fsp3) is 0.533. The van der Waals surface area contributed by atoms with E-state index in [2.05, 4.69) is 0 Å². The third-order valence-corrected chi connectivity index (χ3v) is 3.99. The lowest BCUT2D eigenvalue weighted by Gasteiger charge is -2.29. The van der Waals surface area contributed by atoms with Crippen LogP contribution in [0.5, 0.6) is 5.75 Å². The molecule has 1 saturated heterocycles. The molecule has 0 saturated carbocycles. The summed E-state index contributed by atoms with van der Waals surface area (Å²) in [7, 11) is 1.61. The number of carbonyl (C=O) groups is 1. The van der Waals surface area contributed by atoms with Crippen molar-refractivity contribution in [3.8, 4) is 5.75 Å². The zero-order chi connectivity index (χ0) is 13.8. The Morgan fingerprint density at radius 1 is 1.32 bits per heavy atom. The van der Waals surface area contributed by atoms with Crippen molar-refractivity contribution in [2.24, 2.45) is 5.92 Å². The molecule has 1 aromatic rings. The zero-order valence-corrected chi connectivity index (χ0v) is 11.6. The fourth-order valence-corrected chi connectivity index (χ4v) is 2.64. The third-order valence-electron chi connectivity index (χ3n) is 3.99. The molecule has 104 valence electrons. The minimum absolute atomic E-state index is 0.145. The first-order valence-corrected chi connectivity index (χ1v) is 6.83. The Morgan fingerprint density at radius 2 is 1.89 bits per heavy atom. The molecule has 1 fully saturated rings. The highest BCUT2D eigenvalue weighted by Crippen LogP contribution is 2.15. The first-order valence-electron chi connectivity index (χ1n) is 6.83. The van der Waals surface area contributed by atoms with Gasteiger partial charge in [-0.15, -0.1) is 0 Å². The zero-order valence-electron chi connectivity index (χ0n) is 11.6. The van der Waals surface area contributed by atoms with Crippen molar-refractivity contribution in [1.29, 1.82) is 0 Å². The number of aliphatic hydroxyl groups excluding tert-OH is 1. The van der Waals surface area contributed by atoms with E-state index >= 15 is 0 Å². The topological polar surface area (TPSA) is 51.0 Å². The van der Waals surface area contributed by atoms with E-state index in [0.29, 0.717) is 5.92 Å². The summed E-state index contributed by atoms with van der Waals surface area (Å²) in [6, 6.07) is 7.26. The summed E-state index contributed by atoms with van der Waals surface area (Å²) in [5.74, 6) is 1.25. The summed E-state index contributed by atoms with van der Waals surface area (Å²) in [5, 5.41) is 9.57. The van der Waals surface area contributed by atoms with Gasteiger partial charge in [0.25, 0.3) is 0 Å². The van der Waals surface area contributed by atoms with Gasteiger partial charge in [0.05, 0.1) is 31.9 Å². The fourth-order valence-electron chi connectivity index (χ4n) is 2.64. The number of amides is 1. The molecule has 0 bridgehead atoms. The predicted molar refractivity (Wildman–Crippen MR) is 72.4 cm³/mol. The summed E-state index contributed by atoms with van der Waals surface area (Å²) >= 11 is 0. The molecule has 0 spiro atoms. The molecule has 0 radical (unpaired) electrons. The van der Waals surface area contributed by atoms with E-state index in [1.165, 1.54) is 0 Å². The largest absolute Gasteiger partial charge is 0.497 e. The van der Waals surface area contributed by atoms with Crippen LogP contribution in [0.2, 0.25) is 0 Å². The minimum Gasteiger partial charge on any atom is -0.497 e. The second-order valence-corrected chi connectivity index (χ2v) is 5.24. The number of ether oxygens (including phenoxy) is 1. The van der Waals surface area contributed by atoms with Crippen molar-refractivity contribution in [1.82, 2.24) is 0 Å². The van der Waals surface area contributed by atoms with E-state index < -0.39 is 0 Å². The van der Waals surface area contributed by atoms with E-state index in [0.717, 1.165) is 42.1 Å². The maximum absolute atomic E-state index is 12.3. The van der Waals surface area contributed by atoms with Gasteiger partial charge >= 0.3 is 5.91 Å². The maximum atomic E-state index is 12.3. The molecule has 1 aliphatic heterocycles. The van der Waals surface area contributed by atoms with Crippen molar-refractivity contribution >= 4 is 5.91 Å². The summed E-state index contributed by atoms with van der Waals surface area (Å²) in [6.45, 7) is 3.45. The van der Waals surface area contributed by atoms with E-state index in [1.807, 2.05) is 31.2 Å². The van der Waals surface area contributed by atoms with Gasteiger partial charge in [0.15, 0.2) is 0 Å². The molecular weight excluding hydrogens is 242 g/mol. The molecule has 2 rings (SSSR count). The van der Waals surface area contributed by atoms with Crippen molar-refractivity contribution in [3.63, 3.8) is 0 Å². The molecule has 1 unspecified atom stereocenters. The minimum atomic E-state index is -0.266. The second kappa shape index (κ2) is 6.17. The molecule has 1 atom stereocenters. The van der Waals surface area contributed by atoms with Gasteiger partial charge in [-0.1, -0.05) is 0 Å². The molecule has 19 heavy (non-hydrogen) atoms. The van der Waals surface area contributed by atoms with Crippen LogP contribution in [0.4, 0.5) is 0 Å². The van der Waals surface area contributed by atoms with Crippen LogP contribution in [0.1, 0.15) is 30.1 Å². The Hall–Kier alpha value is -1.39. The summed E-state index contributed by atoms with van der Waals surface area (Å²) in [6.07, 6.45) is 1.56. The van der Waals surface area contributed by atoms with Gasteiger partial charge in [0.2, 0.25) is 0 Å². The number of aliphatic hydroxyl groups is 1. The number of rotatable bonds is 3. The number of benzene rings is 1. The van der Waals surface area contributed by atoms with E-state index in [9.17, 15) is 9.90 Å². The number of likely N-dealkylation sites (tertiary alicyclic amines) is 1. The van der Waals surface area contributed by atoms with Gasteiger partial charge in [-0.2, -0.15) is 0 Å². The Balaban J connectivity index is 1.97. The van der Waals surface area contributed by atoms with Crippen LogP contribution < -0.4 is 9.64 Å². The predicted octanol–water partition coefficient (Wildman–Crippen LogP) is 0.511. The van der Waals surface area contributed by atoms with E-state index in [4.69, 9.17) is 4.74 Å². The van der Waals surface area contributed by atoms with Crippen molar-refractivity contribution in [2.75, 3.05) is 20.2 Å². The molecule has 1 heterocycles. The molecule has 1 aliphatic rings. The third kappa shape index (κ3) is 3.33. The maximum Gasteiger partial charge on any atom is 0.344 e. The van der Waals surface area contributed by atoms with Gasteiger partial charge in [0, 0.05) is 12.8 Å². The van der Waals surface area contributed by atoms with Gasteiger partial charge < -0.3 is 9.84 Å². The summed E-state index contributed by atoms with van der Waals surface area (Å²) < 4.78 is 5.09. The highest BCUT2D eigenvalue weighted by atomic mass is 16.5. The van der Waals surface area contributed by atoms with Crippen molar-refractivity contribution in [3.05, 3.63) is 29.8 Å². The van der Waals surface area contributed by atoms with Crippen molar-refractivity contribution < 1.29 is 19.5 Å². The Bertz CT molecular complexity index is 420. The van der Waals surface area contributed by atoms with Gasteiger partial charge in [0.1, 0.15) is 5.75 Å². The average molecular weight is 264 g/mol. The molecule has 0 aromatic heterocycles. The highest BCUT2D eigenvalue weighted by Gasteiger charge is 2.30. The van der Waals surface area contributed by atoms with Crippen LogP contribution in [0.3, 0.4) is 0 Å².